The molecule has 2 aromatic carbocycles. The lowest BCUT2D eigenvalue weighted by Gasteiger charge is -2.11. The Morgan fingerprint density at radius 3 is 2.12 bits per heavy atom. The van der Waals surface area contributed by atoms with E-state index in [1.165, 1.54) is 24.3 Å². The third-order valence-corrected chi connectivity index (χ3v) is 6.35. The number of hydrogen-bond acceptors (Lipinski definition) is 4. The van der Waals surface area contributed by atoms with Crippen molar-refractivity contribution in [1.29, 1.82) is 0 Å². The van der Waals surface area contributed by atoms with Crippen molar-refractivity contribution in [2.24, 2.45) is 0 Å². The fraction of sp³-hybridized carbons (Fsp3) is 0.294. The molecule has 0 aliphatic carbocycles. The summed E-state index contributed by atoms with van der Waals surface area (Å²) in [6.07, 6.45) is 1.35. The van der Waals surface area contributed by atoms with Crippen LogP contribution in [-0.4, -0.2) is 22.6 Å². The Hall–Kier alpha value is -2.06. The molecule has 0 bridgehead atoms. The van der Waals surface area contributed by atoms with Crippen molar-refractivity contribution in [2.75, 3.05) is 15.2 Å². The Labute approximate surface area is 149 Å². The highest BCUT2D eigenvalue weighted by Gasteiger charge is 2.16. The lowest BCUT2D eigenvalue weighted by Crippen LogP contribution is -2.17. The first-order chi connectivity index (χ1) is 11.7. The summed E-state index contributed by atoms with van der Waals surface area (Å²) in [5.74, 6) is 0.0401. The van der Waals surface area contributed by atoms with Crippen LogP contribution in [0.3, 0.4) is 0 Å². The number of benzene rings is 2. The number of para-hydroxylation sites is 1. The van der Waals surface area contributed by atoms with Gasteiger partial charge in [0.2, 0.25) is 10.0 Å². The molecular weight excluding hydrogens is 360 g/mol. The van der Waals surface area contributed by atoms with Crippen molar-refractivity contribution >= 4 is 31.4 Å². The first kappa shape index (κ1) is 19.3. The van der Waals surface area contributed by atoms with Crippen LogP contribution in [0.1, 0.15) is 25.3 Å². The number of hydrogen-bond donors (Lipinski definition) is 2. The molecule has 0 aliphatic heterocycles. The summed E-state index contributed by atoms with van der Waals surface area (Å²) in [6.45, 7) is 3.72. The average molecular weight is 383 g/mol. The molecule has 0 saturated heterocycles. The Bertz CT molecular complexity index is 921. The molecule has 0 fully saturated rings. The number of nitrogens with one attached hydrogen (secondary N) is 2. The molecule has 0 aliphatic rings. The van der Waals surface area contributed by atoms with Gasteiger partial charge in [-0.3, -0.25) is 9.44 Å². The lowest BCUT2D eigenvalue weighted by molar-refractivity contribution is 0.597. The molecule has 0 atom stereocenters. The van der Waals surface area contributed by atoms with E-state index in [1.807, 2.05) is 26.0 Å². The zero-order chi connectivity index (χ0) is 18.5. The van der Waals surface area contributed by atoms with Gasteiger partial charge in [0, 0.05) is 5.69 Å². The van der Waals surface area contributed by atoms with Gasteiger partial charge in [-0.15, -0.1) is 0 Å². The summed E-state index contributed by atoms with van der Waals surface area (Å²) >= 11 is 0. The topological polar surface area (TPSA) is 92.3 Å². The zero-order valence-electron chi connectivity index (χ0n) is 14.2. The number of sulfonamides is 2. The van der Waals surface area contributed by atoms with Crippen molar-refractivity contribution in [2.45, 2.75) is 31.6 Å². The molecule has 8 heteroatoms. The summed E-state index contributed by atoms with van der Waals surface area (Å²) in [4.78, 5) is 0.0623. The minimum Gasteiger partial charge on any atom is -0.284 e. The van der Waals surface area contributed by atoms with E-state index in [-0.39, 0.29) is 10.6 Å². The zero-order valence-corrected chi connectivity index (χ0v) is 15.8. The molecule has 2 N–H and O–H groups in total. The van der Waals surface area contributed by atoms with Crippen LogP contribution in [0.2, 0.25) is 0 Å². The number of unbranched alkanes of at least 4 members (excludes halogenated alkanes) is 1. The fourth-order valence-corrected chi connectivity index (χ4v) is 4.55. The predicted molar refractivity (Wildman–Crippen MR) is 101 cm³/mol. The maximum Gasteiger partial charge on any atom is 0.261 e. The molecule has 136 valence electrons. The summed E-state index contributed by atoms with van der Waals surface area (Å²) in [5.41, 5.74) is 1.66. The van der Waals surface area contributed by atoms with Gasteiger partial charge in [-0.25, -0.2) is 16.8 Å². The van der Waals surface area contributed by atoms with Crippen molar-refractivity contribution in [3.8, 4) is 0 Å². The highest BCUT2D eigenvalue weighted by molar-refractivity contribution is 7.93. The fourth-order valence-electron chi connectivity index (χ4n) is 2.16. The smallest absolute Gasteiger partial charge is 0.261 e. The second-order valence-electron chi connectivity index (χ2n) is 5.72. The molecule has 0 heterocycles. The van der Waals surface area contributed by atoms with Crippen molar-refractivity contribution in [1.82, 2.24) is 0 Å². The largest absolute Gasteiger partial charge is 0.284 e. The van der Waals surface area contributed by atoms with Gasteiger partial charge in [-0.2, -0.15) is 0 Å². The number of rotatable bonds is 8. The van der Waals surface area contributed by atoms with Crippen LogP contribution in [0.15, 0.2) is 53.4 Å². The third kappa shape index (κ3) is 5.47. The maximum absolute atomic E-state index is 12.4. The quantitative estimate of drug-likeness (QED) is 0.732. The Morgan fingerprint density at radius 2 is 1.52 bits per heavy atom. The SMILES string of the molecule is CCCCS(=O)(=O)Nc1ccc(S(=O)(=O)Nc2ccccc2C)cc1. The average Bonchev–Trinajstić information content (AvgIpc) is 2.55. The third-order valence-electron chi connectivity index (χ3n) is 3.59. The standard InChI is InChI=1S/C17H22N2O4S2/c1-3-4-13-24(20,21)18-15-9-11-16(12-10-15)25(22,23)19-17-8-6-5-7-14(17)2/h5-12,18-19H,3-4,13H2,1-2H3. The summed E-state index contributed by atoms with van der Waals surface area (Å²) in [5, 5.41) is 0. The van der Waals surface area contributed by atoms with E-state index in [0.29, 0.717) is 17.8 Å². The van der Waals surface area contributed by atoms with Gasteiger partial charge >= 0.3 is 0 Å². The Balaban J connectivity index is 2.15. The van der Waals surface area contributed by atoms with Crippen LogP contribution in [0.25, 0.3) is 0 Å². The van der Waals surface area contributed by atoms with Gasteiger partial charge in [-0.1, -0.05) is 31.5 Å². The molecule has 0 saturated carbocycles. The van der Waals surface area contributed by atoms with E-state index in [2.05, 4.69) is 9.44 Å². The van der Waals surface area contributed by atoms with Crippen LogP contribution < -0.4 is 9.44 Å². The molecule has 25 heavy (non-hydrogen) atoms. The van der Waals surface area contributed by atoms with Gasteiger partial charge in [0.25, 0.3) is 10.0 Å². The minimum atomic E-state index is -3.74. The molecule has 0 spiro atoms. The Morgan fingerprint density at radius 1 is 0.880 bits per heavy atom. The van der Waals surface area contributed by atoms with Crippen LogP contribution in [0, 0.1) is 6.92 Å². The van der Waals surface area contributed by atoms with Crippen LogP contribution in [0.5, 0.6) is 0 Å². The first-order valence-corrected chi connectivity index (χ1v) is 11.1. The van der Waals surface area contributed by atoms with E-state index < -0.39 is 20.0 Å². The molecular formula is C17H22N2O4S2. The van der Waals surface area contributed by atoms with Crippen LogP contribution in [0.4, 0.5) is 11.4 Å². The van der Waals surface area contributed by atoms with Gasteiger partial charge in [0.15, 0.2) is 0 Å². The molecule has 0 aromatic heterocycles. The van der Waals surface area contributed by atoms with Gasteiger partial charge < -0.3 is 0 Å². The lowest BCUT2D eigenvalue weighted by atomic mass is 10.2. The van der Waals surface area contributed by atoms with E-state index >= 15 is 0 Å². The normalized spacial score (nSPS) is 11.9. The predicted octanol–water partition coefficient (Wildman–Crippen LogP) is 3.34. The monoisotopic (exact) mass is 382 g/mol. The van der Waals surface area contributed by atoms with Crippen molar-refractivity contribution in [3.05, 3.63) is 54.1 Å². The number of aryl methyl sites for hydroxylation is 1. The second kappa shape index (κ2) is 7.88. The molecule has 2 rings (SSSR count). The first-order valence-electron chi connectivity index (χ1n) is 7.92. The molecule has 0 radical (unpaired) electrons. The van der Waals surface area contributed by atoms with Gasteiger partial charge in [0.05, 0.1) is 16.3 Å². The van der Waals surface area contributed by atoms with Gasteiger partial charge in [0.1, 0.15) is 0 Å². The molecule has 6 nitrogen and oxygen atoms in total. The highest BCUT2D eigenvalue weighted by atomic mass is 32.2. The van der Waals surface area contributed by atoms with E-state index in [0.717, 1.165) is 12.0 Å². The summed E-state index contributed by atoms with van der Waals surface area (Å²) in [7, 11) is -7.15. The van der Waals surface area contributed by atoms with Crippen LogP contribution in [-0.2, 0) is 20.0 Å². The van der Waals surface area contributed by atoms with Crippen molar-refractivity contribution in [3.63, 3.8) is 0 Å². The summed E-state index contributed by atoms with van der Waals surface area (Å²) in [6, 6.07) is 12.7. The second-order valence-corrected chi connectivity index (χ2v) is 9.24. The maximum atomic E-state index is 12.4. The van der Waals surface area contributed by atoms with E-state index in [1.54, 1.807) is 12.1 Å². The number of anilines is 2. The minimum absolute atomic E-state index is 0.0401. The highest BCUT2D eigenvalue weighted by Crippen LogP contribution is 2.21. The van der Waals surface area contributed by atoms with Crippen LogP contribution >= 0.6 is 0 Å². The molecule has 0 unspecified atom stereocenters. The van der Waals surface area contributed by atoms with Gasteiger partial charge in [-0.05, 0) is 49.2 Å². The molecule has 2 aromatic rings. The van der Waals surface area contributed by atoms with Crippen molar-refractivity contribution < 1.29 is 16.8 Å². The molecule has 0 amide bonds. The van der Waals surface area contributed by atoms with E-state index in [4.69, 9.17) is 0 Å². The Kier molecular flexibility index (Phi) is 6.07. The summed E-state index contributed by atoms with van der Waals surface area (Å²) < 4.78 is 53.6. The van der Waals surface area contributed by atoms with E-state index in [9.17, 15) is 16.8 Å².